The highest BCUT2D eigenvalue weighted by atomic mass is 35.5. The minimum Gasteiger partial charge on any atom is -0.479 e. The van der Waals surface area contributed by atoms with Crippen molar-refractivity contribution in [3.8, 4) is 0 Å². The van der Waals surface area contributed by atoms with Crippen molar-refractivity contribution in [1.82, 2.24) is 0 Å². The van der Waals surface area contributed by atoms with Gasteiger partial charge in [-0.25, -0.2) is 9.18 Å². The molecule has 5 heteroatoms. The summed E-state index contributed by atoms with van der Waals surface area (Å²) in [6, 6.07) is 3.87. The van der Waals surface area contributed by atoms with Crippen molar-refractivity contribution < 1.29 is 19.0 Å². The van der Waals surface area contributed by atoms with Crippen LogP contribution in [0.2, 0.25) is 5.02 Å². The van der Waals surface area contributed by atoms with Crippen LogP contribution >= 0.6 is 11.6 Å². The van der Waals surface area contributed by atoms with Crippen molar-refractivity contribution in [3.05, 3.63) is 34.6 Å². The predicted octanol–water partition coefficient (Wildman–Crippen LogP) is 2.47. The Morgan fingerprint density at radius 3 is 2.87 bits per heavy atom. The molecule has 0 saturated heterocycles. The Hall–Kier alpha value is -1.13. The van der Waals surface area contributed by atoms with Gasteiger partial charge < -0.3 is 9.84 Å². The monoisotopic (exact) mass is 232 g/mol. The smallest absolute Gasteiger partial charge is 0.332 e. The molecular formula is C10H10ClFO3. The highest BCUT2D eigenvalue weighted by Crippen LogP contribution is 2.18. The minimum absolute atomic E-state index is 0.0482. The van der Waals surface area contributed by atoms with Crippen molar-refractivity contribution in [2.75, 3.05) is 0 Å². The van der Waals surface area contributed by atoms with Crippen LogP contribution < -0.4 is 0 Å². The molecule has 15 heavy (non-hydrogen) atoms. The summed E-state index contributed by atoms with van der Waals surface area (Å²) in [7, 11) is 0. The Labute approximate surface area is 91.4 Å². The van der Waals surface area contributed by atoms with E-state index in [1.807, 2.05) is 0 Å². The molecule has 1 atom stereocenters. The molecule has 3 nitrogen and oxygen atoms in total. The van der Waals surface area contributed by atoms with Gasteiger partial charge in [0.05, 0.1) is 6.61 Å². The zero-order valence-corrected chi connectivity index (χ0v) is 8.79. The van der Waals surface area contributed by atoms with Crippen LogP contribution in [-0.2, 0) is 16.1 Å². The number of aliphatic carboxylic acids is 1. The quantitative estimate of drug-likeness (QED) is 0.868. The molecule has 0 spiro atoms. The summed E-state index contributed by atoms with van der Waals surface area (Å²) in [4.78, 5) is 10.4. The number of carboxylic acid groups (broad SMARTS) is 1. The fourth-order valence-corrected chi connectivity index (χ4v) is 1.15. The lowest BCUT2D eigenvalue weighted by Crippen LogP contribution is -2.19. The molecule has 0 bridgehead atoms. The zero-order valence-electron chi connectivity index (χ0n) is 8.04. The number of benzene rings is 1. The van der Waals surface area contributed by atoms with Gasteiger partial charge in [-0.05, 0) is 24.6 Å². The first-order chi connectivity index (χ1) is 7.00. The van der Waals surface area contributed by atoms with E-state index in [1.165, 1.54) is 19.1 Å². The molecule has 0 amide bonds. The number of carboxylic acids is 1. The Kier molecular flexibility index (Phi) is 4.05. The Morgan fingerprint density at radius 1 is 1.67 bits per heavy atom. The standard InChI is InChI=1S/C10H10ClFO3/c1-6(10(13)14)15-5-7-2-3-8(12)4-9(7)11/h2-4,6H,5H2,1H3,(H,13,14). The SMILES string of the molecule is CC(OCc1ccc(F)cc1Cl)C(=O)O. The van der Waals surface area contributed by atoms with E-state index in [1.54, 1.807) is 0 Å². The highest BCUT2D eigenvalue weighted by Gasteiger charge is 2.12. The van der Waals surface area contributed by atoms with Crippen LogP contribution in [0.5, 0.6) is 0 Å². The van der Waals surface area contributed by atoms with Gasteiger partial charge in [0.1, 0.15) is 5.82 Å². The average molecular weight is 233 g/mol. The third-order valence-corrected chi connectivity index (χ3v) is 2.20. The second kappa shape index (κ2) is 5.09. The summed E-state index contributed by atoms with van der Waals surface area (Å²) in [5.74, 6) is -1.48. The third kappa shape index (κ3) is 3.49. The Balaban J connectivity index is 2.62. The normalized spacial score (nSPS) is 12.5. The maximum Gasteiger partial charge on any atom is 0.332 e. The largest absolute Gasteiger partial charge is 0.479 e. The molecular weight excluding hydrogens is 223 g/mol. The molecule has 0 fully saturated rings. The van der Waals surface area contributed by atoms with Crippen molar-refractivity contribution in [3.63, 3.8) is 0 Å². The van der Waals surface area contributed by atoms with Gasteiger partial charge in [0, 0.05) is 5.02 Å². The van der Waals surface area contributed by atoms with Crippen LogP contribution in [0.15, 0.2) is 18.2 Å². The van der Waals surface area contributed by atoms with Crippen LogP contribution in [0.1, 0.15) is 12.5 Å². The van der Waals surface area contributed by atoms with Gasteiger partial charge in [0.2, 0.25) is 0 Å². The first-order valence-corrected chi connectivity index (χ1v) is 4.67. The van der Waals surface area contributed by atoms with Gasteiger partial charge in [0.15, 0.2) is 6.10 Å². The van der Waals surface area contributed by atoms with E-state index >= 15 is 0 Å². The van der Waals surface area contributed by atoms with E-state index in [0.29, 0.717) is 5.56 Å². The molecule has 0 heterocycles. The summed E-state index contributed by atoms with van der Waals surface area (Å²) < 4.78 is 17.7. The number of halogens is 2. The Bertz CT molecular complexity index is 368. The van der Waals surface area contributed by atoms with Crippen LogP contribution in [-0.4, -0.2) is 17.2 Å². The first kappa shape index (κ1) is 11.9. The van der Waals surface area contributed by atoms with Gasteiger partial charge in [0.25, 0.3) is 0 Å². The lowest BCUT2D eigenvalue weighted by molar-refractivity contribution is -0.149. The second-order valence-corrected chi connectivity index (χ2v) is 3.43. The highest BCUT2D eigenvalue weighted by molar-refractivity contribution is 6.31. The lowest BCUT2D eigenvalue weighted by Gasteiger charge is -2.09. The molecule has 0 aliphatic heterocycles. The van der Waals surface area contributed by atoms with Crippen molar-refractivity contribution >= 4 is 17.6 Å². The van der Waals surface area contributed by atoms with Crippen LogP contribution in [0.3, 0.4) is 0 Å². The first-order valence-electron chi connectivity index (χ1n) is 4.29. The molecule has 1 unspecified atom stereocenters. The molecule has 1 aromatic rings. The molecule has 1 rings (SSSR count). The predicted molar refractivity (Wildman–Crippen MR) is 53.3 cm³/mol. The number of ether oxygens (including phenoxy) is 1. The van der Waals surface area contributed by atoms with E-state index in [-0.39, 0.29) is 11.6 Å². The van der Waals surface area contributed by atoms with Crippen LogP contribution in [0, 0.1) is 5.82 Å². The molecule has 0 aliphatic rings. The summed E-state index contributed by atoms with van der Waals surface area (Å²) >= 11 is 5.73. The molecule has 82 valence electrons. The summed E-state index contributed by atoms with van der Waals surface area (Å²) in [5.41, 5.74) is 0.561. The van der Waals surface area contributed by atoms with Gasteiger partial charge >= 0.3 is 5.97 Å². The minimum atomic E-state index is -1.05. The molecule has 1 N–H and O–H groups in total. The topological polar surface area (TPSA) is 46.5 Å². The van der Waals surface area contributed by atoms with Gasteiger partial charge in [-0.3, -0.25) is 0 Å². The molecule has 0 aromatic heterocycles. The van der Waals surface area contributed by atoms with Gasteiger partial charge in [-0.2, -0.15) is 0 Å². The molecule has 1 aromatic carbocycles. The number of carbonyl (C=O) groups is 1. The van der Waals surface area contributed by atoms with Gasteiger partial charge in [-0.1, -0.05) is 17.7 Å². The fourth-order valence-electron chi connectivity index (χ4n) is 0.925. The molecule has 0 radical (unpaired) electrons. The van der Waals surface area contributed by atoms with E-state index < -0.39 is 17.9 Å². The number of rotatable bonds is 4. The van der Waals surface area contributed by atoms with E-state index in [0.717, 1.165) is 6.07 Å². The molecule has 0 aliphatic carbocycles. The maximum atomic E-state index is 12.7. The molecule has 0 saturated carbocycles. The maximum absolute atomic E-state index is 12.7. The summed E-state index contributed by atoms with van der Waals surface area (Å²) in [6.07, 6.45) is -0.911. The van der Waals surface area contributed by atoms with E-state index in [9.17, 15) is 9.18 Å². The number of hydrogen-bond donors (Lipinski definition) is 1. The zero-order chi connectivity index (χ0) is 11.4. The third-order valence-electron chi connectivity index (χ3n) is 1.85. The summed E-state index contributed by atoms with van der Waals surface area (Å²) in [5, 5.41) is 8.78. The van der Waals surface area contributed by atoms with E-state index in [2.05, 4.69) is 0 Å². The van der Waals surface area contributed by atoms with Gasteiger partial charge in [-0.15, -0.1) is 0 Å². The van der Waals surface area contributed by atoms with Crippen molar-refractivity contribution in [2.24, 2.45) is 0 Å². The van der Waals surface area contributed by atoms with Crippen LogP contribution in [0.4, 0.5) is 4.39 Å². The van der Waals surface area contributed by atoms with Crippen molar-refractivity contribution in [2.45, 2.75) is 19.6 Å². The van der Waals surface area contributed by atoms with Crippen molar-refractivity contribution in [1.29, 1.82) is 0 Å². The second-order valence-electron chi connectivity index (χ2n) is 3.03. The number of hydrogen-bond acceptors (Lipinski definition) is 2. The lowest BCUT2D eigenvalue weighted by atomic mass is 10.2. The van der Waals surface area contributed by atoms with E-state index in [4.69, 9.17) is 21.4 Å². The average Bonchev–Trinajstić information content (AvgIpc) is 2.15. The Morgan fingerprint density at radius 2 is 2.33 bits per heavy atom. The van der Waals surface area contributed by atoms with Crippen LogP contribution in [0.25, 0.3) is 0 Å². The summed E-state index contributed by atoms with van der Waals surface area (Å²) in [6.45, 7) is 1.46. The fraction of sp³-hybridized carbons (Fsp3) is 0.300.